The van der Waals surface area contributed by atoms with E-state index < -0.39 is 0 Å². The molecule has 1 N–H and O–H groups in total. The lowest BCUT2D eigenvalue weighted by Gasteiger charge is -2.14. The second kappa shape index (κ2) is 6.76. The van der Waals surface area contributed by atoms with Gasteiger partial charge in [-0.25, -0.2) is 0 Å². The third-order valence-electron chi connectivity index (χ3n) is 4.07. The number of fused-ring (bicyclic) bond motifs is 1. The van der Waals surface area contributed by atoms with E-state index in [0.717, 1.165) is 10.9 Å². The van der Waals surface area contributed by atoms with E-state index in [2.05, 4.69) is 5.32 Å². The molecule has 6 heteroatoms. The number of nitrogens with one attached hydrogen (secondary N) is 1. The zero-order chi connectivity index (χ0) is 18.0. The number of carbonyl (C=O) groups excluding carboxylic acids is 1. The Morgan fingerprint density at radius 1 is 0.960 bits per heavy atom. The fourth-order valence-electron chi connectivity index (χ4n) is 2.76. The van der Waals surface area contributed by atoms with E-state index in [-0.39, 0.29) is 5.91 Å². The van der Waals surface area contributed by atoms with Gasteiger partial charge in [0.15, 0.2) is 11.5 Å². The van der Waals surface area contributed by atoms with E-state index >= 15 is 0 Å². The van der Waals surface area contributed by atoms with E-state index in [0.29, 0.717) is 28.5 Å². The molecule has 6 nitrogen and oxygen atoms in total. The van der Waals surface area contributed by atoms with Crippen LogP contribution in [0.3, 0.4) is 0 Å². The van der Waals surface area contributed by atoms with Gasteiger partial charge in [-0.05, 0) is 23.6 Å². The molecule has 0 atom stereocenters. The minimum Gasteiger partial charge on any atom is -0.493 e. The van der Waals surface area contributed by atoms with Gasteiger partial charge < -0.3 is 24.1 Å². The Morgan fingerprint density at radius 3 is 2.24 bits per heavy atom. The average molecular weight is 340 g/mol. The molecule has 2 aromatic carbocycles. The molecule has 0 aliphatic carbocycles. The Bertz CT molecular complexity index is 905. The van der Waals surface area contributed by atoms with Gasteiger partial charge in [-0.3, -0.25) is 4.79 Å². The molecule has 0 radical (unpaired) electrons. The molecule has 0 unspecified atom stereocenters. The number of hydrogen-bond acceptors (Lipinski definition) is 4. The SMILES string of the molecule is COc1cc(NC(=O)c2ccc3ccn(C)c3c2)cc(OC)c1OC. The maximum atomic E-state index is 12.6. The Morgan fingerprint density at radius 2 is 1.64 bits per heavy atom. The maximum Gasteiger partial charge on any atom is 0.255 e. The fourth-order valence-corrected chi connectivity index (χ4v) is 2.76. The van der Waals surface area contributed by atoms with Crippen LogP contribution in [0.25, 0.3) is 10.9 Å². The van der Waals surface area contributed by atoms with E-state index in [1.807, 2.05) is 36.0 Å². The number of ether oxygens (including phenoxy) is 3. The van der Waals surface area contributed by atoms with Crippen LogP contribution in [0.4, 0.5) is 5.69 Å². The standard InChI is InChI=1S/C19H20N2O4/c1-21-8-7-12-5-6-13(9-15(12)21)19(22)20-14-10-16(23-2)18(25-4)17(11-14)24-3/h5-11H,1-4H3,(H,20,22). The Kier molecular flexibility index (Phi) is 4.52. The Hall–Kier alpha value is -3.15. The molecule has 0 spiro atoms. The lowest BCUT2D eigenvalue weighted by atomic mass is 10.1. The third-order valence-corrected chi connectivity index (χ3v) is 4.07. The monoisotopic (exact) mass is 340 g/mol. The molecular weight excluding hydrogens is 320 g/mol. The van der Waals surface area contributed by atoms with E-state index in [4.69, 9.17) is 14.2 Å². The summed E-state index contributed by atoms with van der Waals surface area (Å²) in [7, 11) is 6.55. The summed E-state index contributed by atoms with van der Waals surface area (Å²) in [6.07, 6.45) is 1.96. The molecule has 130 valence electrons. The molecule has 3 rings (SSSR count). The van der Waals surface area contributed by atoms with Crippen molar-refractivity contribution in [2.24, 2.45) is 7.05 Å². The lowest BCUT2D eigenvalue weighted by molar-refractivity contribution is 0.102. The molecule has 3 aromatic rings. The predicted molar refractivity (Wildman–Crippen MR) is 97.0 cm³/mol. The van der Waals surface area contributed by atoms with Crippen molar-refractivity contribution in [1.29, 1.82) is 0 Å². The summed E-state index contributed by atoms with van der Waals surface area (Å²) in [6.45, 7) is 0. The first-order valence-electron chi connectivity index (χ1n) is 7.74. The van der Waals surface area contributed by atoms with Crippen molar-refractivity contribution in [3.8, 4) is 17.2 Å². The largest absolute Gasteiger partial charge is 0.493 e. The first-order valence-corrected chi connectivity index (χ1v) is 7.74. The van der Waals surface area contributed by atoms with Gasteiger partial charge in [-0.15, -0.1) is 0 Å². The van der Waals surface area contributed by atoms with E-state index in [1.165, 1.54) is 21.3 Å². The van der Waals surface area contributed by atoms with Crippen molar-refractivity contribution in [2.75, 3.05) is 26.6 Å². The molecular formula is C19H20N2O4. The van der Waals surface area contributed by atoms with Crippen LogP contribution < -0.4 is 19.5 Å². The van der Waals surface area contributed by atoms with Crippen LogP contribution in [0.15, 0.2) is 42.6 Å². The van der Waals surface area contributed by atoms with Gasteiger partial charge in [0.05, 0.1) is 21.3 Å². The molecule has 1 aromatic heterocycles. The first kappa shape index (κ1) is 16.7. The third kappa shape index (κ3) is 3.10. The quantitative estimate of drug-likeness (QED) is 0.773. The van der Waals surface area contributed by atoms with Gasteiger partial charge in [-0.1, -0.05) is 6.07 Å². The first-order chi connectivity index (χ1) is 12.1. The highest BCUT2D eigenvalue weighted by molar-refractivity contribution is 6.06. The molecule has 0 fully saturated rings. The number of carbonyl (C=O) groups is 1. The van der Waals surface area contributed by atoms with Gasteiger partial charge in [0.2, 0.25) is 5.75 Å². The molecule has 0 aliphatic rings. The van der Waals surface area contributed by atoms with E-state index in [1.54, 1.807) is 18.2 Å². The maximum absolute atomic E-state index is 12.6. The summed E-state index contributed by atoms with van der Waals surface area (Å²) in [6, 6.07) is 11.0. The zero-order valence-electron chi connectivity index (χ0n) is 14.6. The van der Waals surface area contributed by atoms with Crippen LogP contribution in [-0.4, -0.2) is 31.8 Å². The van der Waals surface area contributed by atoms with Crippen LogP contribution in [0.2, 0.25) is 0 Å². The molecule has 1 heterocycles. The molecule has 25 heavy (non-hydrogen) atoms. The van der Waals surface area contributed by atoms with Crippen molar-refractivity contribution in [3.05, 3.63) is 48.2 Å². The highest BCUT2D eigenvalue weighted by Crippen LogP contribution is 2.40. The molecule has 1 amide bonds. The molecule has 0 saturated carbocycles. The van der Waals surface area contributed by atoms with Crippen LogP contribution in [-0.2, 0) is 7.05 Å². The van der Waals surface area contributed by atoms with Crippen molar-refractivity contribution >= 4 is 22.5 Å². The number of anilines is 1. The minimum atomic E-state index is -0.211. The van der Waals surface area contributed by atoms with Gasteiger partial charge in [-0.2, -0.15) is 0 Å². The summed E-state index contributed by atoms with van der Waals surface area (Å²) >= 11 is 0. The average Bonchev–Trinajstić information content (AvgIpc) is 3.01. The Labute approximate surface area is 145 Å². The highest BCUT2D eigenvalue weighted by atomic mass is 16.5. The fraction of sp³-hybridized carbons (Fsp3) is 0.211. The van der Waals surface area contributed by atoms with Crippen molar-refractivity contribution < 1.29 is 19.0 Å². The smallest absolute Gasteiger partial charge is 0.255 e. The summed E-state index contributed by atoms with van der Waals surface area (Å²) in [5.41, 5.74) is 2.13. The van der Waals surface area contributed by atoms with E-state index in [9.17, 15) is 4.79 Å². The van der Waals surface area contributed by atoms with Crippen LogP contribution >= 0.6 is 0 Å². The van der Waals surface area contributed by atoms with Crippen molar-refractivity contribution in [3.63, 3.8) is 0 Å². The van der Waals surface area contributed by atoms with Gasteiger partial charge in [0.25, 0.3) is 5.91 Å². The number of rotatable bonds is 5. The number of amides is 1. The lowest BCUT2D eigenvalue weighted by Crippen LogP contribution is -2.12. The minimum absolute atomic E-state index is 0.211. The molecule has 0 saturated heterocycles. The van der Waals surface area contributed by atoms with Gasteiger partial charge >= 0.3 is 0 Å². The van der Waals surface area contributed by atoms with Crippen molar-refractivity contribution in [2.45, 2.75) is 0 Å². The topological polar surface area (TPSA) is 61.7 Å². The summed E-state index contributed by atoms with van der Waals surface area (Å²) < 4.78 is 17.9. The van der Waals surface area contributed by atoms with Crippen molar-refractivity contribution in [1.82, 2.24) is 4.57 Å². The second-order valence-corrected chi connectivity index (χ2v) is 5.57. The number of aromatic nitrogens is 1. The van der Waals surface area contributed by atoms with Crippen LogP contribution in [0, 0.1) is 0 Å². The molecule has 0 aliphatic heterocycles. The summed E-state index contributed by atoms with van der Waals surface area (Å²) in [5, 5.41) is 3.96. The second-order valence-electron chi connectivity index (χ2n) is 5.57. The molecule has 0 bridgehead atoms. The number of hydrogen-bond donors (Lipinski definition) is 1. The van der Waals surface area contributed by atoms with Crippen LogP contribution in [0.5, 0.6) is 17.2 Å². The van der Waals surface area contributed by atoms with Gasteiger partial charge in [0.1, 0.15) is 0 Å². The zero-order valence-corrected chi connectivity index (χ0v) is 14.6. The summed E-state index contributed by atoms with van der Waals surface area (Å²) in [4.78, 5) is 12.6. The predicted octanol–water partition coefficient (Wildman–Crippen LogP) is 3.46. The number of methoxy groups -OCH3 is 3. The normalized spacial score (nSPS) is 10.6. The number of benzene rings is 2. The van der Waals surface area contributed by atoms with Gasteiger partial charge in [0, 0.05) is 42.1 Å². The Balaban J connectivity index is 1.92. The van der Waals surface area contributed by atoms with Crippen LogP contribution in [0.1, 0.15) is 10.4 Å². The number of nitrogens with zero attached hydrogens (tertiary/aromatic N) is 1. The highest BCUT2D eigenvalue weighted by Gasteiger charge is 2.15. The number of aryl methyl sites for hydroxylation is 1. The summed E-state index contributed by atoms with van der Waals surface area (Å²) in [5.74, 6) is 1.23.